The maximum atomic E-state index is 10.1. The van der Waals surface area contributed by atoms with E-state index in [0.717, 1.165) is 0 Å². The number of carboxylic acids is 1. The Morgan fingerprint density at radius 2 is 1.91 bits per heavy atom. The Morgan fingerprint density at radius 3 is 2.18 bits per heavy atom. The molecule has 0 aromatic heterocycles. The zero-order valence-corrected chi connectivity index (χ0v) is 6.76. The Balaban J connectivity index is 3.82. The normalized spacial score (nSPS) is 11.9. The van der Waals surface area contributed by atoms with Gasteiger partial charge in [-0.3, -0.25) is 9.35 Å². The van der Waals surface area contributed by atoms with Crippen LogP contribution in [-0.2, 0) is 14.9 Å². The predicted molar refractivity (Wildman–Crippen MR) is 37.6 cm³/mol. The second-order valence-corrected chi connectivity index (χ2v) is 3.69. The first-order valence-corrected chi connectivity index (χ1v) is 4.45. The standard InChI is InChI=1S/C5H9O5S/c1-4(5(6)7)2-3-11(8,9)10/h2-3H2,1H3,(H,6,7)(H,8,9,10). The second-order valence-electron chi connectivity index (χ2n) is 2.12. The number of hydrogen-bond donors (Lipinski definition) is 2. The van der Waals surface area contributed by atoms with Crippen LogP contribution in [-0.4, -0.2) is 29.8 Å². The zero-order chi connectivity index (χ0) is 9.07. The Morgan fingerprint density at radius 1 is 1.45 bits per heavy atom. The smallest absolute Gasteiger partial charge is 0.310 e. The van der Waals surface area contributed by atoms with Gasteiger partial charge in [-0.05, 0) is 13.3 Å². The van der Waals surface area contributed by atoms with E-state index in [0.29, 0.717) is 0 Å². The minimum Gasteiger partial charge on any atom is -0.481 e. The molecule has 0 amide bonds. The molecule has 2 N–H and O–H groups in total. The Labute approximate surface area is 64.8 Å². The monoisotopic (exact) mass is 181 g/mol. The van der Waals surface area contributed by atoms with Gasteiger partial charge in [0.1, 0.15) is 0 Å². The second kappa shape index (κ2) is 3.68. The number of aliphatic carboxylic acids is 1. The molecule has 0 aromatic rings. The highest BCUT2D eigenvalue weighted by atomic mass is 32.2. The molecule has 6 heteroatoms. The first-order chi connectivity index (χ1) is 4.83. The van der Waals surface area contributed by atoms with E-state index < -0.39 is 21.8 Å². The van der Waals surface area contributed by atoms with E-state index in [1.165, 1.54) is 6.92 Å². The van der Waals surface area contributed by atoms with Crippen LogP contribution in [0.5, 0.6) is 0 Å². The maximum absolute atomic E-state index is 10.1. The van der Waals surface area contributed by atoms with Gasteiger partial charge in [0.15, 0.2) is 0 Å². The minimum atomic E-state index is -4.04. The molecular formula is C5H9O5S. The van der Waals surface area contributed by atoms with Crippen LogP contribution in [0.25, 0.3) is 0 Å². The molecule has 0 spiro atoms. The van der Waals surface area contributed by atoms with E-state index in [2.05, 4.69) is 0 Å². The molecule has 0 rings (SSSR count). The molecule has 0 unspecified atom stereocenters. The van der Waals surface area contributed by atoms with Gasteiger partial charge in [-0.2, -0.15) is 8.42 Å². The van der Waals surface area contributed by atoms with Gasteiger partial charge in [0.05, 0.1) is 11.7 Å². The topological polar surface area (TPSA) is 91.7 Å². The molecule has 0 atom stereocenters. The van der Waals surface area contributed by atoms with Crippen LogP contribution in [0.4, 0.5) is 0 Å². The molecule has 0 aliphatic heterocycles. The number of rotatable bonds is 4. The van der Waals surface area contributed by atoms with Crippen molar-refractivity contribution >= 4 is 16.1 Å². The van der Waals surface area contributed by atoms with Crippen LogP contribution in [0.15, 0.2) is 0 Å². The molecule has 1 radical (unpaired) electrons. The Kier molecular flexibility index (Phi) is 3.47. The molecule has 65 valence electrons. The summed E-state index contributed by atoms with van der Waals surface area (Å²) < 4.78 is 28.4. The molecule has 0 aliphatic rings. The van der Waals surface area contributed by atoms with Gasteiger partial charge in [0, 0.05) is 0 Å². The van der Waals surface area contributed by atoms with Gasteiger partial charge >= 0.3 is 5.97 Å². The van der Waals surface area contributed by atoms with Crippen molar-refractivity contribution in [2.45, 2.75) is 13.3 Å². The third kappa shape index (κ3) is 5.81. The van der Waals surface area contributed by atoms with Crippen molar-refractivity contribution in [1.82, 2.24) is 0 Å². The van der Waals surface area contributed by atoms with Crippen LogP contribution >= 0.6 is 0 Å². The summed E-state index contributed by atoms with van der Waals surface area (Å²) >= 11 is 0. The summed E-state index contributed by atoms with van der Waals surface area (Å²) in [5.74, 6) is -1.67. The zero-order valence-electron chi connectivity index (χ0n) is 5.94. The average molecular weight is 181 g/mol. The van der Waals surface area contributed by atoms with Gasteiger partial charge < -0.3 is 5.11 Å². The van der Waals surface area contributed by atoms with Crippen molar-refractivity contribution in [2.75, 3.05) is 5.75 Å². The average Bonchev–Trinajstić information content (AvgIpc) is 1.80. The molecule has 5 nitrogen and oxygen atoms in total. The largest absolute Gasteiger partial charge is 0.481 e. The molecule has 0 bridgehead atoms. The van der Waals surface area contributed by atoms with Crippen LogP contribution in [0.2, 0.25) is 0 Å². The highest BCUT2D eigenvalue weighted by Crippen LogP contribution is 2.05. The van der Waals surface area contributed by atoms with Crippen molar-refractivity contribution < 1.29 is 22.9 Å². The van der Waals surface area contributed by atoms with Crippen LogP contribution in [0, 0.1) is 5.92 Å². The third-order valence-corrected chi connectivity index (χ3v) is 1.82. The van der Waals surface area contributed by atoms with Crippen molar-refractivity contribution in [3.63, 3.8) is 0 Å². The van der Waals surface area contributed by atoms with E-state index in [1.54, 1.807) is 0 Å². The summed E-state index contributed by atoms with van der Waals surface area (Å²) in [5, 5.41) is 8.27. The van der Waals surface area contributed by atoms with Crippen molar-refractivity contribution in [1.29, 1.82) is 0 Å². The predicted octanol–water partition coefficient (Wildman–Crippen LogP) is -0.0567. The summed E-state index contributed by atoms with van der Waals surface area (Å²) in [6, 6.07) is 0. The molecule has 0 aromatic carbocycles. The van der Waals surface area contributed by atoms with Crippen LogP contribution < -0.4 is 0 Å². The van der Waals surface area contributed by atoms with Crippen LogP contribution in [0.1, 0.15) is 13.3 Å². The van der Waals surface area contributed by atoms with E-state index in [4.69, 9.17) is 9.66 Å². The van der Waals surface area contributed by atoms with Crippen LogP contribution in [0.3, 0.4) is 0 Å². The fourth-order valence-electron chi connectivity index (χ4n) is 0.389. The van der Waals surface area contributed by atoms with Crippen molar-refractivity contribution in [3.8, 4) is 0 Å². The van der Waals surface area contributed by atoms with Gasteiger partial charge in [-0.15, -0.1) is 0 Å². The summed E-state index contributed by atoms with van der Waals surface area (Å²) in [7, 11) is -4.04. The van der Waals surface area contributed by atoms with Crippen molar-refractivity contribution in [3.05, 3.63) is 5.92 Å². The summed E-state index contributed by atoms with van der Waals surface area (Å²) in [6.45, 7) is 1.30. The molecular weight excluding hydrogens is 172 g/mol. The lowest BCUT2D eigenvalue weighted by atomic mass is 10.1. The van der Waals surface area contributed by atoms with Gasteiger partial charge in [0.2, 0.25) is 0 Å². The lowest BCUT2D eigenvalue weighted by Crippen LogP contribution is -2.13. The highest BCUT2D eigenvalue weighted by Gasteiger charge is 2.15. The van der Waals surface area contributed by atoms with Crippen molar-refractivity contribution in [2.24, 2.45) is 0 Å². The molecule has 0 fully saturated rings. The molecule has 0 saturated heterocycles. The van der Waals surface area contributed by atoms with E-state index >= 15 is 0 Å². The summed E-state index contributed by atoms with van der Waals surface area (Å²) in [5.41, 5.74) is 0. The molecule has 11 heavy (non-hydrogen) atoms. The first-order valence-electron chi connectivity index (χ1n) is 2.84. The number of carboxylic acid groups (broad SMARTS) is 1. The third-order valence-electron chi connectivity index (χ3n) is 1.10. The maximum Gasteiger partial charge on any atom is 0.310 e. The van der Waals surface area contributed by atoms with E-state index in [9.17, 15) is 13.2 Å². The fourth-order valence-corrected chi connectivity index (χ4v) is 0.953. The summed E-state index contributed by atoms with van der Waals surface area (Å²) in [6.07, 6.45) is -0.145. The van der Waals surface area contributed by atoms with E-state index in [1.807, 2.05) is 0 Å². The fraction of sp³-hybridized carbons (Fsp3) is 0.600. The lowest BCUT2D eigenvalue weighted by Gasteiger charge is -2.01. The quantitative estimate of drug-likeness (QED) is 0.593. The number of carbonyl (C=O) groups is 1. The Bertz CT molecular complexity index is 229. The lowest BCUT2D eigenvalue weighted by molar-refractivity contribution is -0.134. The molecule has 0 saturated carbocycles. The highest BCUT2D eigenvalue weighted by molar-refractivity contribution is 7.85. The van der Waals surface area contributed by atoms with E-state index in [-0.39, 0.29) is 12.3 Å². The SMILES string of the molecule is C[C](CCS(=O)(=O)O)C(=O)O. The van der Waals surface area contributed by atoms with Gasteiger partial charge in [-0.25, -0.2) is 0 Å². The van der Waals surface area contributed by atoms with Gasteiger partial charge in [-0.1, -0.05) is 0 Å². The molecule has 0 aliphatic carbocycles. The van der Waals surface area contributed by atoms with Gasteiger partial charge in [0.25, 0.3) is 10.1 Å². The summed E-state index contributed by atoms with van der Waals surface area (Å²) in [4.78, 5) is 10.1. The molecule has 0 heterocycles. The first kappa shape index (κ1) is 10.4. The minimum absolute atomic E-state index is 0.0163. The number of hydrogen-bond acceptors (Lipinski definition) is 3. The Hall–Kier alpha value is -0.620.